The maximum atomic E-state index is 6.29. The first-order chi connectivity index (χ1) is 8.08. The lowest BCUT2D eigenvalue weighted by Crippen LogP contribution is -2.12. The molecule has 0 heterocycles. The van der Waals surface area contributed by atoms with Gasteiger partial charge in [-0.3, -0.25) is 0 Å². The molecule has 2 N–H and O–H groups in total. The smallest absolute Gasteiger partial charge is 0.0562 e. The normalized spacial score (nSPS) is 12.5. The molecule has 2 heteroatoms. The molecule has 0 bridgehead atoms. The van der Waals surface area contributed by atoms with E-state index in [4.69, 9.17) is 5.73 Å². The van der Waals surface area contributed by atoms with Gasteiger partial charge in [-0.1, -0.05) is 57.9 Å². The van der Waals surface area contributed by atoms with Crippen LogP contribution in [0.4, 0.5) is 0 Å². The Hall–Kier alpha value is -1.12. The molecule has 2 aromatic carbocycles. The Balaban J connectivity index is 2.36. The van der Waals surface area contributed by atoms with Crippen LogP contribution in [0.2, 0.25) is 0 Å². The van der Waals surface area contributed by atoms with Gasteiger partial charge in [0.2, 0.25) is 0 Å². The quantitative estimate of drug-likeness (QED) is 0.884. The summed E-state index contributed by atoms with van der Waals surface area (Å²) < 4.78 is 1.07. The average Bonchev–Trinajstić information content (AvgIpc) is 2.29. The summed E-state index contributed by atoms with van der Waals surface area (Å²) in [5.41, 5.74) is 11.0. The minimum Gasteiger partial charge on any atom is -0.320 e. The molecule has 17 heavy (non-hydrogen) atoms. The van der Waals surface area contributed by atoms with Crippen molar-refractivity contribution in [1.29, 1.82) is 0 Å². The predicted molar refractivity (Wildman–Crippen MR) is 76.1 cm³/mol. The summed E-state index contributed by atoms with van der Waals surface area (Å²) in [6.45, 7) is 4.16. The van der Waals surface area contributed by atoms with Crippen molar-refractivity contribution in [1.82, 2.24) is 0 Å². The van der Waals surface area contributed by atoms with E-state index < -0.39 is 0 Å². The Kier molecular flexibility index (Phi) is 3.65. The predicted octanol–water partition coefficient (Wildman–Crippen LogP) is 4.11. The van der Waals surface area contributed by atoms with E-state index >= 15 is 0 Å². The van der Waals surface area contributed by atoms with Crippen molar-refractivity contribution in [3.05, 3.63) is 69.2 Å². The van der Waals surface area contributed by atoms with E-state index in [9.17, 15) is 0 Å². The van der Waals surface area contributed by atoms with Gasteiger partial charge in [0.15, 0.2) is 0 Å². The van der Waals surface area contributed by atoms with Gasteiger partial charge in [0.1, 0.15) is 0 Å². The van der Waals surface area contributed by atoms with E-state index in [0.29, 0.717) is 0 Å². The third-order valence-corrected chi connectivity index (χ3v) is 3.61. The number of halogens is 1. The molecule has 0 fully saturated rings. The first kappa shape index (κ1) is 12.3. The average molecular weight is 290 g/mol. The first-order valence-corrected chi connectivity index (χ1v) is 6.45. The molecule has 0 aliphatic rings. The fourth-order valence-corrected chi connectivity index (χ4v) is 2.58. The molecule has 0 amide bonds. The van der Waals surface area contributed by atoms with E-state index in [0.717, 1.165) is 15.6 Å². The van der Waals surface area contributed by atoms with Crippen LogP contribution >= 0.6 is 15.9 Å². The summed E-state index contributed by atoms with van der Waals surface area (Å²) in [5, 5.41) is 0. The maximum absolute atomic E-state index is 6.29. The van der Waals surface area contributed by atoms with Crippen LogP contribution in [0.15, 0.2) is 46.9 Å². The van der Waals surface area contributed by atoms with Gasteiger partial charge in [-0.2, -0.15) is 0 Å². The van der Waals surface area contributed by atoms with Crippen molar-refractivity contribution in [3.8, 4) is 0 Å². The van der Waals surface area contributed by atoms with Gasteiger partial charge < -0.3 is 5.73 Å². The molecule has 1 atom stereocenters. The highest BCUT2D eigenvalue weighted by molar-refractivity contribution is 9.10. The molecule has 0 radical (unpaired) electrons. The number of aryl methyl sites for hydroxylation is 2. The van der Waals surface area contributed by atoms with Gasteiger partial charge in [0, 0.05) is 4.47 Å². The second-order valence-corrected chi connectivity index (χ2v) is 5.27. The van der Waals surface area contributed by atoms with Crippen LogP contribution < -0.4 is 5.73 Å². The van der Waals surface area contributed by atoms with Gasteiger partial charge in [-0.15, -0.1) is 0 Å². The molecule has 0 aliphatic heterocycles. The second-order valence-electron chi connectivity index (χ2n) is 4.41. The highest BCUT2D eigenvalue weighted by Crippen LogP contribution is 2.27. The third kappa shape index (κ3) is 2.76. The molecular weight excluding hydrogens is 274 g/mol. The Morgan fingerprint density at radius 1 is 0.941 bits per heavy atom. The fraction of sp³-hybridized carbons (Fsp3) is 0.200. The molecule has 2 rings (SSSR count). The third-order valence-electron chi connectivity index (χ3n) is 2.93. The number of benzene rings is 2. The van der Waals surface area contributed by atoms with Crippen LogP contribution in [0, 0.1) is 13.8 Å². The van der Waals surface area contributed by atoms with Crippen molar-refractivity contribution in [3.63, 3.8) is 0 Å². The van der Waals surface area contributed by atoms with Crippen molar-refractivity contribution >= 4 is 15.9 Å². The Labute approximate surface area is 111 Å². The SMILES string of the molecule is Cc1ccc(C(N)c2ccc(C)cc2Br)cc1. The first-order valence-electron chi connectivity index (χ1n) is 5.66. The van der Waals surface area contributed by atoms with Crippen LogP contribution in [0.5, 0.6) is 0 Å². The van der Waals surface area contributed by atoms with Gasteiger partial charge in [0.05, 0.1) is 6.04 Å². The zero-order chi connectivity index (χ0) is 12.4. The van der Waals surface area contributed by atoms with E-state index in [1.165, 1.54) is 11.1 Å². The van der Waals surface area contributed by atoms with Gasteiger partial charge in [0.25, 0.3) is 0 Å². The molecule has 0 aliphatic carbocycles. The summed E-state index contributed by atoms with van der Waals surface area (Å²) in [5.74, 6) is 0. The van der Waals surface area contributed by atoms with Crippen LogP contribution in [0.1, 0.15) is 28.3 Å². The van der Waals surface area contributed by atoms with Crippen molar-refractivity contribution in [2.45, 2.75) is 19.9 Å². The minimum atomic E-state index is -0.0782. The Morgan fingerprint density at radius 3 is 2.12 bits per heavy atom. The van der Waals surface area contributed by atoms with Crippen molar-refractivity contribution < 1.29 is 0 Å². The Morgan fingerprint density at radius 2 is 1.53 bits per heavy atom. The van der Waals surface area contributed by atoms with E-state index in [2.05, 4.69) is 72.2 Å². The van der Waals surface area contributed by atoms with Gasteiger partial charge >= 0.3 is 0 Å². The van der Waals surface area contributed by atoms with Crippen molar-refractivity contribution in [2.24, 2.45) is 5.73 Å². The molecule has 0 spiro atoms. The second kappa shape index (κ2) is 5.03. The zero-order valence-corrected chi connectivity index (χ0v) is 11.7. The lowest BCUT2D eigenvalue weighted by Gasteiger charge is -2.15. The van der Waals surface area contributed by atoms with Crippen LogP contribution in [0.3, 0.4) is 0 Å². The summed E-state index contributed by atoms with van der Waals surface area (Å²) in [6, 6.07) is 14.6. The lowest BCUT2D eigenvalue weighted by atomic mass is 9.98. The molecular formula is C15H16BrN. The van der Waals surface area contributed by atoms with Crippen molar-refractivity contribution in [2.75, 3.05) is 0 Å². The van der Waals surface area contributed by atoms with Crippen LogP contribution in [-0.2, 0) is 0 Å². The van der Waals surface area contributed by atoms with E-state index in [-0.39, 0.29) is 6.04 Å². The number of nitrogens with two attached hydrogens (primary N) is 1. The molecule has 0 aromatic heterocycles. The fourth-order valence-electron chi connectivity index (χ4n) is 1.84. The Bertz CT molecular complexity index is 517. The standard InChI is InChI=1S/C15H16BrN/c1-10-3-6-12(7-4-10)15(17)13-8-5-11(2)9-14(13)16/h3-9,15H,17H2,1-2H3. The largest absolute Gasteiger partial charge is 0.320 e. The number of hydrogen-bond donors (Lipinski definition) is 1. The zero-order valence-electron chi connectivity index (χ0n) is 10.1. The summed E-state index contributed by atoms with van der Waals surface area (Å²) in [4.78, 5) is 0. The van der Waals surface area contributed by atoms with E-state index in [1.807, 2.05) is 0 Å². The summed E-state index contributed by atoms with van der Waals surface area (Å²) in [7, 11) is 0. The topological polar surface area (TPSA) is 26.0 Å². The van der Waals surface area contributed by atoms with E-state index in [1.54, 1.807) is 0 Å². The monoisotopic (exact) mass is 289 g/mol. The minimum absolute atomic E-state index is 0.0782. The van der Waals surface area contributed by atoms with Gasteiger partial charge in [-0.05, 0) is 36.6 Å². The maximum Gasteiger partial charge on any atom is 0.0562 e. The highest BCUT2D eigenvalue weighted by Gasteiger charge is 2.11. The molecule has 1 unspecified atom stereocenters. The molecule has 88 valence electrons. The van der Waals surface area contributed by atoms with Gasteiger partial charge in [-0.25, -0.2) is 0 Å². The molecule has 0 saturated heterocycles. The van der Waals surface area contributed by atoms with Crippen LogP contribution in [0.25, 0.3) is 0 Å². The molecule has 0 saturated carbocycles. The summed E-state index contributed by atoms with van der Waals surface area (Å²) in [6.07, 6.45) is 0. The van der Waals surface area contributed by atoms with Crippen LogP contribution in [-0.4, -0.2) is 0 Å². The summed E-state index contributed by atoms with van der Waals surface area (Å²) >= 11 is 3.58. The lowest BCUT2D eigenvalue weighted by molar-refractivity contribution is 0.864. The molecule has 2 aromatic rings. The highest BCUT2D eigenvalue weighted by atomic mass is 79.9. The molecule has 1 nitrogen and oxygen atoms in total. The number of hydrogen-bond acceptors (Lipinski definition) is 1. The number of rotatable bonds is 2.